The second-order valence-corrected chi connectivity index (χ2v) is 5.01. The van der Waals surface area contributed by atoms with Gasteiger partial charge in [-0.05, 0) is 29.6 Å². The highest BCUT2D eigenvalue weighted by Gasteiger charge is 2.15. The molecule has 0 bridgehead atoms. The molecule has 7 heteroatoms. The van der Waals surface area contributed by atoms with Crippen LogP contribution in [0.4, 0.5) is 5.69 Å². The molecule has 0 aliphatic rings. The number of nitrogens with zero attached hydrogens (tertiary/aromatic N) is 1. The fraction of sp³-hybridized carbons (Fsp3) is 0. The Kier molecular flexibility index (Phi) is 2.96. The van der Waals surface area contributed by atoms with E-state index in [0.717, 1.165) is 22.2 Å². The topological polar surface area (TPSA) is 95.1 Å². The number of amides is 1. The van der Waals surface area contributed by atoms with Crippen LogP contribution in [0.15, 0.2) is 35.8 Å². The molecule has 0 aliphatic carbocycles. The first kappa shape index (κ1) is 12.4. The molecule has 2 aromatic heterocycles. The summed E-state index contributed by atoms with van der Waals surface area (Å²) >= 11 is 1.07. The number of rotatable bonds is 3. The van der Waals surface area contributed by atoms with Crippen molar-refractivity contribution in [2.24, 2.45) is 0 Å². The van der Waals surface area contributed by atoms with E-state index in [4.69, 9.17) is 5.11 Å². The van der Waals surface area contributed by atoms with Gasteiger partial charge in [-0.15, -0.1) is 11.3 Å². The van der Waals surface area contributed by atoms with Gasteiger partial charge in [0.25, 0.3) is 5.91 Å². The van der Waals surface area contributed by atoms with E-state index in [2.05, 4.69) is 15.5 Å². The first-order chi connectivity index (χ1) is 9.65. The van der Waals surface area contributed by atoms with Crippen LogP contribution in [0.2, 0.25) is 0 Å². The number of nitrogens with one attached hydrogen (secondary N) is 2. The molecule has 6 nitrogen and oxygen atoms in total. The number of hydrogen-bond donors (Lipinski definition) is 3. The highest BCUT2D eigenvalue weighted by molar-refractivity contribution is 7.12. The lowest BCUT2D eigenvalue weighted by atomic mass is 10.1. The zero-order valence-corrected chi connectivity index (χ0v) is 10.9. The Morgan fingerprint density at radius 3 is 2.95 bits per heavy atom. The molecule has 100 valence electrons. The maximum absolute atomic E-state index is 12.1. The maximum Gasteiger partial charge on any atom is 0.348 e. The molecule has 0 saturated heterocycles. The Bertz CT molecular complexity index is 806. The number of carboxylic acids is 1. The van der Waals surface area contributed by atoms with Crippen molar-refractivity contribution in [2.75, 3.05) is 5.32 Å². The summed E-state index contributed by atoms with van der Waals surface area (Å²) in [6.07, 6.45) is 1.62. The average Bonchev–Trinajstić information content (AvgIpc) is 3.05. The van der Waals surface area contributed by atoms with Gasteiger partial charge in [0.1, 0.15) is 4.88 Å². The van der Waals surface area contributed by atoms with Crippen LogP contribution in [0.5, 0.6) is 0 Å². The van der Waals surface area contributed by atoms with Gasteiger partial charge in [-0.25, -0.2) is 4.79 Å². The largest absolute Gasteiger partial charge is 0.477 e. The molecule has 2 heterocycles. The van der Waals surface area contributed by atoms with E-state index in [-0.39, 0.29) is 10.8 Å². The summed E-state index contributed by atoms with van der Waals surface area (Å²) in [5, 5.41) is 20.7. The third-order valence-electron chi connectivity index (χ3n) is 2.81. The van der Waals surface area contributed by atoms with Gasteiger partial charge < -0.3 is 10.4 Å². The van der Waals surface area contributed by atoms with Crippen molar-refractivity contribution in [3.05, 3.63) is 46.3 Å². The Morgan fingerprint density at radius 1 is 1.30 bits per heavy atom. The molecule has 3 rings (SSSR count). The average molecular weight is 287 g/mol. The van der Waals surface area contributed by atoms with Crippen molar-refractivity contribution in [1.29, 1.82) is 0 Å². The van der Waals surface area contributed by atoms with Crippen molar-refractivity contribution in [3.63, 3.8) is 0 Å². The predicted octanol–water partition coefficient (Wildman–Crippen LogP) is 2.57. The van der Waals surface area contributed by atoms with Crippen LogP contribution in [0.3, 0.4) is 0 Å². The maximum atomic E-state index is 12.1. The van der Waals surface area contributed by atoms with Crippen molar-refractivity contribution >= 4 is 39.8 Å². The number of carboxylic acid groups (broad SMARTS) is 1. The third-order valence-corrected chi connectivity index (χ3v) is 3.71. The summed E-state index contributed by atoms with van der Waals surface area (Å²) in [6.45, 7) is 0. The van der Waals surface area contributed by atoms with E-state index >= 15 is 0 Å². The fourth-order valence-electron chi connectivity index (χ4n) is 1.85. The Labute approximate surface area is 117 Å². The Morgan fingerprint density at radius 2 is 2.15 bits per heavy atom. The van der Waals surface area contributed by atoms with E-state index in [0.29, 0.717) is 11.3 Å². The summed E-state index contributed by atoms with van der Waals surface area (Å²) in [5.74, 6) is -1.41. The minimum absolute atomic E-state index is 0.114. The number of fused-ring (bicyclic) bond motifs is 1. The van der Waals surface area contributed by atoms with Gasteiger partial charge in [-0.3, -0.25) is 9.89 Å². The summed E-state index contributed by atoms with van der Waals surface area (Å²) < 4.78 is 0. The predicted molar refractivity (Wildman–Crippen MR) is 75.3 cm³/mol. The summed E-state index contributed by atoms with van der Waals surface area (Å²) in [6, 6.07) is 6.68. The van der Waals surface area contributed by atoms with E-state index in [1.165, 1.54) is 0 Å². The summed E-state index contributed by atoms with van der Waals surface area (Å²) in [5.41, 5.74) is 1.59. The second-order valence-electron chi connectivity index (χ2n) is 4.09. The van der Waals surface area contributed by atoms with Crippen LogP contribution < -0.4 is 5.32 Å². The molecule has 0 radical (unpaired) electrons. The molecule has 1 aromatic carbocycles. The highest BCUT2D eigenvalue weighted by atomic mass is 32.1. The molecule has 3 aromatic rings. The smallest absolute Gasteiger partial charge is 0.348 e. The minimum atomic E-state index is -1.06. The van der Waals surface area contributed by atoms with E-state index in [1.807, 2.05) is 0 Å². The number of hydrogen-bond acceptors (Lipinski definition) is 4. The Hall–Kier alpha value is -2.67. The number of benzene rings is 1. The number of thiophene rings is 1. The number of carbonyl (C=O) groups excluding carboxylic acids is 1. The molecular weight excluding hydrogens is 278 g/mol. The monoisotopic (exact) mass is 287 g/mol. The van der Waals surface area contributed by atoms with Gasteiger partial charge >= 0.3 is 5.97 Å². The van der Waals surface area contributed by atoms with Crippen LogP contribution in [-0.4, -0.2) is 27.2 Å². The van der Waals surface area contributed by atoms with Crippen LogP contribution >= 0.6 is 11.3 Å². The molecule has 0 atom stereocenters. The first-order valence-corrected chi connectivity index (χ1v) is 6.58. The molecule has 20 heavy (non-hydrogen) atoms. The fourth-order valence-corrected chi connectivity index (χ4v) is 2.54. The van der Waals surface area contributed by atoms with Gasteiger partial charge in [-0.1, -0.05) is 0 Å². The molecule has 0 aliphatic heterocycles. The molecule has 0 saturated carbocycles. The van der Waals surface area contributed by atoms with Crippen molar-refractivity contribution in [3.8, 4) is 0 Å². The number of carbonyl (C=O) groups is 2. The van der Waals surface area contributed by atoms with Crippen LogP contribution in [-0.2, 0) is 0 Å². The highest BCUT2D eigenvalue weighted by Crippen LogP contribution is 2.23. The van der Waals surface area contributed by atoms with Gasteiger partial charge in [-0.2, -0.15) is 5.10 Å². The van der Waals surface area contributed by atoms with Crippen LogP contribution in [0.25, 0.3) is 10.9 Å². The van der Waals surface area contributed by atoms with Crippen molar-refractivity contribution in [2.45, 2.75) is 0 Å². The quantitative estimate of drug-likeness (QED) is 0.690. The van der Waals surface area contributed by atoms with Crippen LogP contribution in [0, 0.1) is 0 Å². The number of aromatic carboxylic acids is 1. The van der Waals surface area contributed by atoms with Gasteiger partial charge in [0.05, 0.1) is 17.4 Å². The Balaban J connectivity index is 1.88. The molecule has 0 fully saturated rings. The first-order valence-electron chi connectivity index (χ1n) is 5.70. The molecule has 3 N–H and O–H groups in total. The lowest BCUT2D eigenvalue weighted by Crippen LogP contribution is -2.13. The minimum Gasteiger partial charge on any atom is -0.477 e. The number of aromatic nitrogens is 2. The standard InChI is InChI=1S/C13H9N3O3S/c17-12(15-10-3-4-20-11(10)13(18)19)7-1-2-9-8(5-7)6-14-16-9/h1-6H,(H,14,16)(H,15,17)(H,18,19). The molecule has 0 spiro atoms. The third kappa shape index (κ3) is 2.14. The van der Waals surface area contributed by atoms with E-state index in [1.54, 1.807) is 35.8 Å². The summed E-state index contributed by atoms with van der Waals surface area (Å²) in [4.78, 5) is 23.2. The zero-order chi connectivity index (χ0) is 14.1. The van der Waals surface area contributed by atoms with Gasteiger partial charge in [0, 0.05) is 10.9 Å². The number of anilines is 1. The zero-order valence-electron chi connectivity index (χ0n) is 10.1. The lowest BCUT2D eigenvalue weighted by Gasteiger charge is -2.04. The molecular formula is C13H9N3O3S. The van der Waals surface area contributed by atoms with Crippen LogP contribution in [0.1, 0.15) is 20.0 Å². The summed E-state index contributed by atoms with van der Waals surface area (Å²) in [7, 11) is 0. The van der Waals surface area contributed by atoms with Gasteiger partial charge in [0.2, 0.25) is 0 Å². The lowest BCUT2D eigenvalue weighted by molar-refractivity contribution is 0.0703. The number of aromatic amines is 1. The van der Waals surface area contributed by atoms with Gasteiger partial charge in [0.15, 0.2) is 0 Å². The second kappa shape index (κ2) is 4.78. The van der Waals surface area contributed by atoms with Crippen molar-refractivity contribution in [1.82, 2.24) is 10.2 Å². The van der Waals surface area contributed by atoms with E-state index in [9.17, 15) is 9.59 Å². The number of H-pyrrole nitrogens is 1. The SMILES string of the molecule is O=C(Nc1ccsc1C(=O)O)c1ccc2[nH]ncc2c1. The van der Waals surface area contributed by atoms with E-state index < -0.39 is 5.97 Å². The molecule has 0 unspecified atom stereocenters. The van der Waals surface area contributed by atoms with Crippen molar-refractivity contribution < 1.29 is 14.7 Å². The normalized spacial score (nSPS) is 10.6. The molecule has 1 amide bonds.